The summed E-state index contributed by atoms with van der Waals surface area (Å²) in [4.78, 5) is 2.43. The maximum atomic E-state index is 9.13. The van der Waals surface area contributed by atoms with Crippen LogP contribution in [0.1, 0.15) is 32.8 Å². The lowest BCUT2D eigenvalue weighted by Crippen LogP contribution is -2.53. The first-order chi connectivity index (χ1) is 12.0. The Bertz CT molecular complexity index is 518. The first-order valence-corrected chi connectivity index (χ1v) is 9.34. The molecule has 2 aliphatic rings. The Morgan fingerprint density at radius 1 is 1.32 bits per heavy atom. The van der Waals surface area contributed by atoms with E-state index in [-0.39, 0.29) is 12.1 Å². The Morgan fingerprint density at radius 3 is 2.56 bits per heavy atom. The van der Waals surface area contributed by atoms with Gasteiger partial charge in [0.2, 0.25) is 0 Å². The van der Waals surface area contributed by atoms with E-state index in [9.17, 15) is 0 Å². The van der Waals surface area contributed by atoms with E-state index < -0.39 is 0 Å². The van der Waals surface area contributed by atoms with Gasteiger partial charge in [0.1, 0.15) is 5.75 Å². The zero-order chi connectivity index (χ0) is 18.3. The van der Waals surface area contributed by atoms with Gasteiger partial charge < -0.3 is 24.8 Å². The SMILES string of the molecule is C1COCCN1.COc1ccc2c(c1)N(CCCO)C(C)(C)C(C)C2. The van der Waals surface area contributed by atoms with Crippen LogP contribution in [-0.4, -0.2) is 57.2 Å². The summed E-state index contributed by atoms with van der Waals surface area (Å²) in [6.07, 6.45) is 1.90. The molecule has 0 amide bonds. The molecule has 3 rings (SSSR count). The minimum absolute atomic E-state index is 0.106. The summed E-state index contributed by atoms with van der Waals surface area (Å²) in [6, 6.07) is 6.33. The number of aliphatic hydroxyl groups excluding tert-OH is 1. The Labute approximate surface area is 152 Å². The second kappa shape index (κ2) is 9.41. The van der Waals surface area contributed by atoms with E-state index in [0.717, 1.165) is 51.4 Å². The van der Waals surface area contributed by atoms with Gasteiger partial charge in [-0.2, -0.15) is 0 Å². The number of fused-ring (bicyclic) bond motifs is 1. The molecule has 0 aliphatic carbocycles. The fourth-order valence-corrected chi connectivity index (χ4v) is 3.40. The van der Waals surface area contributed by atoms with E-state index in [1.54, 1.807) is 7.11 Å². The van der Waals surface area contributed by atoms with Crippen LogP contribution in [-0.2, 0) is 11.2 Å². The van der Waals surface area contributed by atoms with Gasteiger partial charge in [0.15, 0.2) is 0 Å². The van der Waals surface area contributed by atoms with Crippen LogP contribution in [0.4, 0.5) is 5.69 Å². The third-order valence-electron chi connectivity index (χ3n) is 5.40. The van der Waals surface area contributed by atoms with Crippen molar-refractivity contribution in [1.82, 2.24) is 5.32 Å². The lowest BCUT2D eigenvalue weighted by Gasteiger charge is -2.49. The van der Waals surface area contributed by atoms with E-state index in [4.69, 9.17) is 14.6 Å². The highest BCUT2D eigenvalue weighted by Gasteiger charge is 2.38. The Morgan fingerprint density at radius 2 is 2.04 bits per heavy atom. The smallest absolute Gasteiger partial charge is 0.120 e. The van der Waals surface area contributed by atoms with Crippen molar-refractivity contribution in [3.63, 3.8) is 0 Å². The van der Waals surface area contributed by atoms with Gasteiger partial charge >= 0.3 is 0 Å². The van der Waals surface area contributed by atoms with Gasteiger partial charge in [0, 0.05) is 43.5 Å². The molecule has 0 spiro atoms. The topological polar surface area (TPSA) is 54.0 Å². The Kier molecular flexibility index (Phi) is 7.54. The van der Waals surface area contributed by atoms with E-state index in [1.165, 1.54) is 11.3 Å². The normalized spacial score (nSPS) is 21.8. The molecule has 0 radical (unpaired) electrons. The van der Waals surface area contributed by atoms with Crippen LogP contribution >= 0.6 is 0 Å². The van der Waals surface area contributed by atoms with Gasteiger partial charge in [-0.3, -0.25) is 0 Å². The van der Waals surface area contributed by atoms with Crippen LogP contribution in [0.3, 0.4) is 0 Å². The summed E-state index contributed by atoms with van der Waals surface area (Å²) < 4.78 is 10.4. The van der Waals surface area contributed by atoms with Crippen molar-refractivity contribution < 1.29 is 14.6 Å². The van der Waals surface area contributed by atoms with Crippen LogP contribution in [0.2, 0.25) is 0 Å². The number of morpholine rings is 1. The molecule has 25 heavy (non-hydrogen) atoms. The van der Waals surface area contributed by atoms with Crippen LogP contribution in [0, 0.1) is 5.92 Å². The summed E-state index contributed by atoms with van der Waals surface area (Å²) in [5.74, 6) is 1.49. The van der Waals surface area contributed by atoms with E-state index in [0.29, 0.717) is 5.92 Å². The van der Waals surface area contributed by atoms with E-state index in [2.05, 4.69) is 43.1 Å². The fourth-order valence-electron chi connectivity index (χ4n) is 3.40. The zero-order valence-electron chi connectivity index (χ0n) is 16.2. The van der Waals surface area contributed by atoms with Gasteiger partial charge in [-0.15, -0.1) is 0 Å². The first-order valence-electron chi connectivity index (χ1n) is 9.34. The minimum atomic E-state index is 0.106. The van der Waals surface area contributed by atoms with Crippen molar-refractivity contribution in [2.75, 3.05) is 51.5 Å². The first kappa shape index (κ1) is 20.0. The molecule has 5 heteroatoms. The molecule has 0 aromatic heterocycles. The van der Waals surface area contributed by atoms with Crippen molar-refractivity contribution >= 4 is 5.69 Å². The Balaban J connectivity index is 0.000000316. The molecule has 2 N–H and O–H groups in total. The number of nitrogens with zero attached hydrogens (tertiary/aromatic N) is 1. The summed E-state index contributed by atoms with van der Waals surface area (Å²) >= 11 is 0. The largest absolute Gasteiger partial charge is 0.497 e. The molecule has 142 valence electrons. The third kappa shape index (κ3) is 5.09. The van der Waals surface area contributed by atoms with Crippen molar-refractivity contribution in [1.29, 1.82) is 0 Å². The molecule has 1 aromatic rings. The highest BCUT2D eigenvalue weighted by molar-refractivity contribution is 5.61. The van der Waals surface area contributed by atoms with Crippen LogP contribution in [0.15, 0.2) is 18.2 Å². The number of aliphatic hydroxyl groups is 1. The molecule has 1 atom stereocenters. The van der Waals surface area contributed by atoms with Crippen LogP contribution in [0.25, 0.3) is 0 Å². The molecule has 2 aliphatic heterocycles. The molecule has 1 saturated heterocycles. The summed E-state index contributed by atoms with van der Waals surface area (Å²) in [5, 5.41) is 12.3. The standard InChI is InChI=1S/C16H25NO2.C4H9NO/c1-12-10-13-6-7-14(19-4)11-15(13)17(8-5-9-18)16(12,2)3;1-3-6-4-2-5-1/h6-7,11-12,18H,5,8-10H2,1-4H3;5H,1-4H2. The number of anilines is 1. The van der Waals surface area contributed by atoms with Crippen molar-refractivity contribution in [3.8, 4) is 5.75 Å². The molecule has 1 aromatic carbocycles. The van der Waals surface area contributed by atoms with Crippen LogP contribution in [0.5, 0.6) is 5.75 Å². The fraction of sp³-hybridized carbons (Fsp3) is 0.700. The number of hydrogen-bond donors (Lipinski definition) is 2. The molecule has 5 nitrogen and oxygen atoms in total. The van der Waals surface area contributed by atoms with Gasteiger partial charge in [-0.1, -0.05) is 13.0 Å². The molecule has 2 heterocycles. The van der Waals surface area contributed by atoms with Gasteiger partial charge in [0.25, 0.3) is 0 Å². The average Bonchev–Trinajstić information content (AvgIpc) is 2.64. The molecular weight excluding hydrogens is 316 g/mol. The molecule has 1 unspecified atom stereocenters. The molecule has 0 bridgehead atoms. The zero-order valence-corrected chi connectivity index (χ0v) is 16.2. The van der Waals surface area contributed by atoms with Crippen LogP contribution < -0.4 is 15.0 Å². The predicted molar refractivity (Wildman–Crippen MR) is 103 cm³/mol. The highest BCUT2D eigenvalue weighted by Crippen LogP contribution is 2.41. The van der Waals surface area contributed by atoms with Crippen molar-refractivity contribution in [3.05, 3.63) is 23.8 Å². The summed E-state index contributed by atoms with van der Waals surface area (Å²) in [5.41, 5.74) is 2.75. The van der Waals surface area contributed by atoms with Crippen molar-refractivity contribution in [2.24, 2.45) is 5.92 Å². The quantitative estimate of drug-likeness (QED) is 0.874. The minimum Gasteiger partial charge on any atom is -0.497 e. The van der Waals surface area contributed by atoms with Gasteiger partial charge in [0.05, 0.1) is 20.3 Å². The maximum absolute atomic E-state index is 9.13. The average molecular weight is 351 g/mol. The highest BCUT2D eigenvalue weighted by atomic mass is 16.5. The predicted octanol–water partition coefficient (Wildman–Crippen LogP) is 2.46. The van der Waals surface area contributed by atoms with E-state index in [1.807, 2.05) is 6.07 Å². The second-order valence-electron chi connectivity index (χ2n) is 7.34. The molecule has 0 saturated carbocycles. The molecule has 1 fully saturated rings. The lowest BCUT2D eigenvalue weighted by molar-refractivity contribution is 0.109. The monoisotopic (exact) mass is 350 g/mol. The number of benzene rings is 1. The van der Waals surface area contributed by atoms with E-state index >= 15 is 0 Å². The van der Waals surface area contributed by atoms with Crippen molar-refractivity contribution in [2.45, 2.75) is 39.2 Å². The number of nitrogens with one attached hydrogen (secondary N) is 1. The Hall–Kier alpha value is -1.30. The third-order valence-corrected chi connectivity index (χ3v) is 5.40. The second-order valence-corrected chi connectivity index (χ2v) is 7.34. The maximum Gasteiger partial charge on any atom is 0.120 e. The number of ether oxygens (including phenoxy) is 2. The summed E-state index contributed by atoms with van der Waals surface area (Å²) in [6.45, 7) is 11.8. The van der Waals surface area contributed by atoms with Gasteiger partial charge in [-0.05, 0) is 44.2 Å². The number of rotatable bonds is 4. The summed E-state index contributed by atoms with van der Waals surface area (Å²) in [7, 11) is 1.70. The lowest BCUT2D eigenvalue weighted by atomic mass is 9.78. The van der Waals surface area contributed by atoms with Gasteiger partial charge in [-0.25, -0.2) is 0 Å². The molecular formula is C20H34N2O3. The number of methoxy groups -OCH3 is 1. The number of hydrogen-bond acceptors (Lipinski definition) is 5.